The van der Waals surface area contributed by atoms with Gasteiger partial charge in [-0.25, -0.2) is 9.97 Å². The maximum atomic E-state index is 11.1. The van der Waals surface area contributed by atoms with Crippen molar-refractivity contribution in [1.29, 1.82) is 0 Å². The Morgan fingerprint density at radius 1 is 1.30 bits per heavy atom. The number of carbonyl (C=O) groups is 1. The molecular formula is C20H29N5O2. The van der Waals surface area contributed by atoms with Gasteiger partial charge in [-0.1, -0.05) is 0 Å². The Morgan fingerprint density at radius 2 is 2.04 bits per heavy atom. The summed E-state index contributed by atoms with van der Waals surface area (Å²) in [5.74, 6) is 1.02. The molecule has 0 amide bonds. The van der Waals surface area contributed by atoms with Crippen LogP contribution in [-0.4, -0.2) is 65.7 Å². The molecule has 2 aliphatic rings. The molecule has 7 nitrogen and oxygen atoms in total. The van der Waals surface area contributed by atoms with E-state index in [0.29, 0.717) is 11.5 Å². The molecule has 0 aromatic carbocycles. The molecule has 146 valence electrons. The summed E-state index contributed by atoms with van der Waals surface area (Å²) in [4.78, 5) is 27.7. The number of hydrogen-bond donors (Lipinski definition) is 1. The molecule has 27 heavy (non-hydrogen) atoms. The van der Waals surface area contributed by atoms with Gasteiger partial charge in [0.25, 0.3) is 0 Å². The molecule has 1 spiro atoms. The van der Waals surface area contributed by atoms with E-state index in [0.717, 1.165) is 49.1 Å². The number of nitrogens with zero attached hydrogens (tertiary/aromatic N) is 4. The van der Waals surface area contributed by atoms with Gasteiger partial charge < -0.3 is 14.6 Å². The molecule has 0 bridgehead atoms. The largest absolute Gasteiger partial charge is 0.359 e. The summed E-state index contributed by atoms with van der Waals surface area (Å²) in [5.41, 5.74) is 1.33. The second kappa shape index (κ2) is 7.56. The lowest BCUT2D eigenvalue weighted by Gasteiger charge is -2.48. The van der Waals surface area contributed by atoms with Crippen molar-refractivity contribution in [3.05, 3.63) is 18.6 Å². The first kappa shape index (κ1) is 18.4. The predicted molar refractivity (Wildman–Crippen MR) is 105 cm³/mol. The highest BCUT2D eigenvalue weighted by molar-refractivity contribution is 5.87. The van der Waals surface area contributed by atoms with E-state index in [2.05, 4.69) is 37.9 Å². The highest BCUT2D eigenvalue weighted by Gasteiger charge is 2.40. The number of rotatable bonds is 5. The molecule has 1 saturated carbocycles. The number of hydrogen-bond acceptors (Lipinski definition) is 6. The average molecular weight is 371 g/mol. The van der Waals surface area contributed by atoms with Crippen LogP contribution in [0.1, 0.15) is 38.5 Å². The molecule has 0 radical (unpaired) electrons. The van der Waals surface area contributed by atoms with Gasteiger partial charge in [-0.05, 0) is 50.0 Å². The van der Waals surface area contributed by atoms with Gasteiger partial charge in [0.1, 0.15) is 17.8 Å². The summed E-state index contributed by atoms with van der Waals surface area (Å²) in [6.07, 6.45) is 11.3. The molecule has 1 N–H and O–H groups in total. The Morgan fingerprint density at radius 3 is 2.70 bits per heavy atom. The highest BCUT2D eigenvalue weighted by Crippen LogP contribution is 2.46. The fourth-order valence-electron chi connectivity index (χ4n) is 4.96. The Balaban J connectivity index is 1.38. The van der Waals surface area contributed by atoms with Crippen LogP contribution in [0.3, 0.4) is 0 Å². The minimum atomic E-state index is -0.383. The number of carbonyl (C=O) groups excluding carboxylic acids is 1. The lowest BCUT2D eigenvalue weighted by molar-refractivity contribution is -0.131. The molecular weight excluding hydrogens is 342 g/mol. The molecule has 4 rings (SSSR count). The summed E-state index contributed by atoms with van der Waals surface area (Å²) < 4.78 is 5.28. The van der Waals surface area contributed by atoms with Gasteiger partial charge in [-0.3, -0.25) is 9.69 Å². The fourth-order valence-corrected chi connectivity index (χ4v) is 4.96. The number of anilines is 1. The van der Waals surface area contributed by atoms with Crippen molar-refractivity contribution in [2.45, 2.75) is 50.8 Å². The summed E-state index contributed by atoms with van der Waals surface area (Å²) in [5, 5.41) is 1.09. The van der Waals surface area contributed by atoms with Gasteiger partial charge in [0.15, 0.2) is 12.5 Å². The fraction of sp³-hybridized carbons (Fsp3) is 0.650. The molecule has 2 aromatic rings. The number of piperidine rings is 1. The van der Waals surface area contributed by atoms with E-state index in [-0.39, 0.29) is 6.23 Å². The molecule has 2 aromatic heterocycles. The minimum absolute atomic E-state index is 0.383. The maximum absolute atomic E-state index is 11.1. The topological polar surface area (TPSA) is 74.3 Å². The molecule has 2 fully saturated rings. The van der Waals surface area contributed by atoms with Crippen molar-refractivity contribution in [1.82, 2.24) is 19.9 Å². The van der Waals surface area contributed by atoms with Crippen LogP contribution in [0.4, 0.5) is 5.82 Å². The number of likely N-dealkylation sites (tertiary alicyclic amines) is 1. The van der Waals surface area contributed by atoms with Crippen LogP contribution >= 0.6 is 0 Å². The lowest BCUT2D eigenvalue weighted by Crippen LogP contribution is -2.49. The third kappa shape index (κ3) is 3.46. The van der Waals surface area contributed by atoms with Crippen molar-refractivity contribution in [2.24, 2.45) is 5.41 Å². The maximum Gasteiger partial charge on any atom is 0.166 e. The molecule has 1 saturated heterocycles. The number of aromatic amines is 1. The number of nitrogens with one attached hydrogen (secondary N) is 1. The first-order valence-corrected chi connectivity index (χ1v) is 9.89. The van der Waals surface area contributed by atoms with Gasteiger partial charge in [0, 0.05) is 39.5 Å². The summed E-state index contributed by atoms with van der Waals surface area (Å²) in [6.45, 7) is 1.90. The molecule has 1 aliphatic heterocycles. The third-order valence-electron chi connectivity index (χ3n) is 6.81. The van der Waals surface area contributed by atoms with Crippen molar-refractivity contribution >= 4 is 23.1 Å². The molecule has 1 atom stereocenters. The summed E-state index contributed by atoms with van der Waals surface area (Å²) in [6, 6.07) is 2.57. The van der Waals surface area contributed by atoms with Crippen LogP contribution in [0, 0.1) is 5.41 Å². The monoisotopic (exact) mass is 371 g/mol. The Labute approximate surface area is 160 Å². The summed E-state index contributed by atoms with van der Waals surface area (Å²) in [7, 11) is 3.77. The van der Waals surface area contributed by atoms with Crippen molar-refractivity contribution in [3.8, 4) is 0 Å². The van der Waals surface area contributed by atoms with E-state index in [1.54, 1.807) is 13.4 Å². The SMILES string of the molecule is CO[C@@H](C=O)N1CCC2(CCC(N(C)c3ncnc4[nH]ccc34)CC2)CC1. The van der Waals surface area contributed by atoms with Gasteiger partial charge in [-0.15, -0.1) is 0 Å². The number of H-pyrrole nitrogens is 1. The normalized spacial score (nSPS) is 22.1. The quantitative estimate of drug-likeness (QED) is 0.815. The molecule has 0 unspecified atom stereocenters. The Hall–Kier alpha value is -1.99. The third-order valence-corrected chi connectivity index (χ3v) is 6.81. The molecule has 1 aliphatic carbocycles. The predicted octanol–water partition coefficient (Wildman–Crippen LogP) is 2.59. The zero-order valence-corrected chi connectivity index (χ0v) is 16.2. The highest BCUT2D eigenvalue weighted by atomic mass is 16.5. The van der Waals surface area contributed by atoms with Crippen molar-refractivity contribution in [3.63, 3.8) is 0 Å². The van der Waals surface area contributed by atoms with E-state index in [4.69, 9.17) is 4.74 Å². The average Bonchev–Trinajstić information content (AvgIpc) is 3.19. The van der Waals surface area contributed by atoms with Crippen LogP contribution < -0.4 is 4.90 Å². The summed E-state index contributed by atoms with van der Waals surface area (Å²) >= 11 is 0. The first-order valence-electron chi connectivity index (χ1n) is 9.89. The Kier molecular flexibility index (Phi) is 5.14. The standard InChI is InChI=1S/C20H29N5O2/c1-24(19-16-5-10-21-18(16)22-14-23-19)15-3-6-20(7-4-15)8-11-25(12-9-20)17(13-26)27-2/h5,10,13-15,17H,3-4,6-9,11-12H2,1-2H3,(H,21,22,23)/t17-/m0/s1. The van der Waals surface area contributed by atoms with Gasteiger partial charge in [0.05, 0.1) is 5.39 Å². The second-order valence-electron chi connectivity index (χ2n) is 8.08. The number of aromatic nitrogens is 3. The van der Waals surface area contributed by atoms with Gasteiger partial charge in [0.2, 0.25) is 0 Å². The number of fused-ring (bicyclic) bond motifs is 1. The van der Waals surface area contributed by atoms with Crippen LogP contribution in [0.25, 0.3) is 11.0 Å². The van der Waals surface area contributed by atoms with Crippen LogP contribution in [0.5, 0.6) is 0 Å². The van der Waals surface area contributed by atoms with Crippen molar-refractivity contribution in [2.75, 3.05) is 32.1 Å². The lowest BCUT2D eigenvalue weighted by atomic mass is 9.66. The number of ether oxygens (including phenoxy) is 1. The van der Waals surface area contributed by atoms with E-state index in [1.807, 2.05) is 6.20 Å². The smallest absolute Gasteiger partial charge is 0.166 e. The second-order valence-corrected chi connectivity index (χ2v) is 8.08. The van der Waals surface area contributed by atoms with E-state index >= 15 is 0 Å². The van der Waals surface area contributed by atoms with Crippen LogP contribution in [0.2, 0.25) is 0 Å². The molecule has 3 heterocycles. The molecule has 7 heteroatoms. The van der Waals surface area contributed by atoms with Gasteiger partial charge >= 0.3 is 0 Å². The van der Waals surface area contributed by atoms with E-state index < -0.39 is 0 Å². The van der Waals surface area contributed by atoms with Gasteiger partial charge in [-0.2, -0.15) is 0 Å². The zero-order valence-electron chi connectivity index (χ0n) is 16.2. The first-order chi connectivity index (χ1) is 13.2. The van der Waals surface area contributed by atoms with E-state index in [1.165, 1.54) is 25.7 Å². The van der Waals surface area contributed by atoms with Crippen molar-refractivity contribution < 1.29 is 9.53 Å². The van der Waals surface area contributed by atoms with E-state index in [9.17, 15) is 4.79 Å². The van der Waals surface area contributed by atoms with Crippen LogP contribution in [0.15, 0.2) is 18.6 Å². The minimum Gasteiger partial charge on any atom is -0.359 e. The number of methoxy groups -OCH3 is 1. The zero-order chi connectivity index (χ0) is 18.9. The number of aldehydes is 1. The van der Waals surface area contributed by atoms with Crippen LogP contribution in [-0.2, 0) is 9.53 Å². The Bertz CT molecular complexity index is 774.